The molecule has 1 aliphatic rings. The van der Waals surface area contributed by atoms with E-state index in [1.807, 2.05) is 19.2 Å². The monoisotopic (exact) mass is 323 g/mol. The van der Waals surface area contributed by atoms with Gasteiger partial charge in [0.25, 0.3) is 0 Å². The minimum Gasteiger partial charge on any atom is -0.298 e. The normalized spacial score (nSPS) is 16.8. The molecule has 0 atom stereocenters. The maximum absolute atomic E-state index is 12.2. The Morgan fingerprint density at radius 3 is 2.74 bits per heavy atom. The van der Waals surface area contributed by atoms with Crippen molar-refractivity contribution in [1.29, 1.82) is 0 Å². The molecule has 1 aromatic rings. The van der Waals surface area contributed by atoms with Crippen LogP contribution in [0.5, 0.6) is 0 Å². The van der Waals surface area contributed by atoms with Crippen LogP contribution >= 0.6 is 15.9 Å². The third kappa shape index (κ3) is 4.73. The number of Topliss-reactive ketones (excluding diaryl/α,β-unsaturated/α-hetero) is 1. The zero-order valence-electron chi connectivity index (χ0n) is 11.6. The lowest BCUT2D eigenvalue weighted by atomic mass is 9.86. The number of nitrogens with zero attached hydrogens (tertiary/aromatic N) is 1. The van der Waals surface area contributed by atoms with Crippen LogP contribution in [0.1, 0.15) is 37.7 Å². The van der Waals surface area contributed by atoms with Crippen LogP contribution in [0.3, 0.4) is 0 Å². The van der Waals surface area contributed by atoms with E-state index >= 15 is 0 Å². The Bertz CT molecular complexity index is 427. The topological polar surface area (TPSA) is 20.3 Å². The maximum Gasteiger partial charge on any atom is 0.149 e. The lowest BCUT2D eigenvalue weighted by Crippen LogP contribution is -2.31. The maximum atomic E-state index is 12.2. The summed E-state index contributed by atoms with van der Waals surface area (Å²) in [6.45, 7) is 1.41. The Morgan fingerprint density at radius 1 is 1.32 bits per heavy atom. The summed E-state index contributed by atoms with van der Waals surface area (Å²) in [7, 11) is 2.03. The molecule has 0 aliphatic heterocycles. The highest BCUT2D eigenvalue weighted by atomic mass is 79.9. The fourth-order valence-electron chi connectivity index (χ4n) is 2.82. The molecular formula is C16H22BrNO. The number of carbonyl (C=O) groups is 1. The Labute approximate surface area is 124 Å². The summed E-state index contributed by atoms with van der Waals surface area (Å²) in [6, 6.07) is 8.28. The number of ketones is 1. The predicted molar refractivity (Wildman–Crippen MR) is 82.1 cm³/mol. The molecule has 0 heterocycles. The van der Waals surface area contributed by atoms with E-state index in [4.69, 9.17) is 0 Å². The molecule has 0 bridgehead atoms. The molecule has 0 N–H and O–H groups in total. The van der Waals surface area contributed by atoms with Gasteiger partial charge in [-0.3, -0.25) is 9.69 Å². The first-order chi connectivity index (χ1) is 9.15. The summed E-state index contributed by atoms with van der Waals surface area (Å²) in [5.74, 6) is 0.746. The SMILES string of the molecule is CN(CC(=O)C1CCCCC1)Cc1cccc(Br)c1. The molecule has 1 fully saturated rings. The predicted octanol–water partition coefficient (Wildman–Crippen LogP) is 4.03. The summed E-state index contributed by atoms with van der Waals surface area (Å²) in [4.78, 5) is 14.3. The summed E-state index contributed by atoms with van der Waals surface area (Å²) in [6.07, 6.45) is 5.96. The van der Waals surface area contributed by atoms with Crippen LogP contribution in [-0.2, 0) is 11.3 Å². The second-order valence-electron chi connectivity index (χ2n) is 5.60. The van der Waals surface area contributed by atoms with E-state index in [9.17, 15) is 4.79 Å². The third-order valence-corrected chi connectivity index (χ3v) is 4.32. The van der Waals surface area contributed by atoms with E-state index in [0.29, 0.717) is 18.2 Å². The molecule has 0 aromatic heterocycles. The highest BCUT2D eigenvalue weighted by molar-refractivity contribution is 9.10. The highest BCUT2D eigenvalue weighted by Crippen LogP contribution is 2.24. The van der Waals surface area contributed by atoms with Gasteiger partial charge in [-0.05, 0) is 37.6 Å². The van der Waals surface area contributed by atoms with Gasteiger partial charge in [0.2, 0.25) is 0 Å². The average molecular weight is 324 g/mol. The highest BCUT2D eigenvalue weighted by Gasteiger charge is 2.21. The largest absolute Gasteiger partial charge is 0.298 e. The molecular weight excluding hydrogens is 302 g/mol. The third-order valence-electron chi connectivity index (χ3n) is 3.83. The number of benzene rings is 1. The van der Waals surface area contributed by atoms with Crippen LogP contribution in [0.4, 0.5) is 0 Å². The molecule has 2 nitrogen and oxygen atoms in total. The molecule has 3 heteroatoms. The summed E-state index contributed by atoms with van der Waals surface area (Å²) < 4.78 is 1.09. The number of hydrogen-bond donors (Lipinski definition) is 0. The van der Waals surface area contributed by atoms with Crippen LogP contribution < -0.4 is 0 Å². The van der Waals surface area contributed by atoms with Gasteiger partial charge in [0, 0.05) is 16.9 Å². The molecule has 1 aromatic carbocycles. The van der Waals surface area contributed by atoms with Crippen LogP contribution in [0.25, 0.3) is 0 Å². The van der Waals surface area contributed by atoms with Crippen molar-refractivity contribution in [3.8, 4) is 0 Å². The van der Waals surface area contributed by atoms with Crippen molar-refractivity contribution in [2.45, 2.75) is 38.6 Å². The zero-order chi connectivity index (χ0) is 13.7. The second kappa shape index (κ2) is 7.20. The molecule has 0 saturated heterocycles. The zero-order valence-corrected chi connectivity index (χ0v) is 13.2. The number of halogens is 1. The first-order valence-corrected chi connectivity index (χ1v) is 7.90. The van der Waals surface area contributed by atoms with Crippen molar-refractivity contribution in [3.05, 3.63) is 34.3 Å². The number of likely N-dealkylation sites (N-methyl/N-ethyl adjacent to an activating group) is 1. The van der Waals surface area contributed by atoms with Gasteiger partial charge in [0.05, 0.1) is 6.54 Å². The van der Waals surface area contributed by atoms with Gasteiger partial charge >= 0.3 is 0 Å². The summed E-state index contributed by atoms with van der Waals surface area (Å²) in [5.41, 5.74) is 1.24. The Hall–Kier alpha value is -0.670. The van der Waals surface area contributed by atoms with Gasteiger partial charge in [-0.15, -0.1) is 0 Å². The number of rotatable bonds is 5. The minimum absolute atomic E-state index is 0.318. The van der Waals surface area contributed by atoms with Crippen LogP contribution in [0.15, 0.2) is 28.7 Å². The minimum atomic E-state index is 0.318. The Balaban J connectivity index is 1.83. The van der Waals surface area contributed by atoms with Crippen molar-refractivity contribution in [1.82, 2.24) is 4.90 Å². The fraction of sp³-hybridized carbons (Fsp3) is 0.562. The summed E-state index contributed by atoms with van der Waals surface area (Å²) in [5, 5.41) is 0. The van der Waals surface area contributed by atoms with Crippen molar-refractivity contribution < 1.29 is 4.79 Å². The molecule has 0 radical (unpaired) electrons. The molecule has 1 aliphatic carbocycles. The molecule has 2 rings (SSSR count). The average Bonchev–Trinajstić information content (AvgIpc) is 2.39. The second-order valence-corrected chi connectivity index (χ2v) is 6.52. The summed E-state index contributed by atoms with van der Waals surface area (Å²) >= 11 is 3.48. The lowest BCUT2D eigenvalue weighted by Gasteiger charge is -2.23. The van der Waals surface area contributed by atoms with E-state index < -0.39 is 0 Å². The first-order valence-electron chi connectivity index (χ1n) is 7.11. The van der Waals surface area contributed by atoms with E-state index in [0.717, 1.165) is 23.9 Å². The van der Waals surface area contributed by atoms with Crippen LogP contribution in [0.2, 0.25) is 0 Å². The van der Waals surface area contributed by atoms with E-state index in [-0.39, 0.29) is 0 Å². The smallest absolute Gasteiger partial charge is 0.149 e. The molecule has 0 amide bonds. The fourth-order valence-corrected chi connectivity index (χ4v) is 3.27. The molecule has 0 unspecified atom stereocenters. The molecule has 19 heavy (non-hydrogen) atoms. The molecule has 0 spiro atoms. The van der Waals surface area contributed by atoms with E-state index in [2.05, 4.69) is 33.0 Å². The van der Waals surface area contributed by atoms with Crippen molar-refractivity contribution >= 4 is 21.7 Å². The van der Waals surface area contributed by atoms with Gasteiger partial charge < -0.3 is 0 Å². The number of hydrogen-bond acceptors (Lipinski definition) is 2. The van der Waals surface area contributed by atoms with Gasteiger partial charge in [-0.1, -0.05) is 47.3 Å². The van der Waals surface area contributed by atoms with Crippen LogP contribution in [0, 0.1) is 5.92 Å². The van der Waals surface area contributed by atoms with E-state index in [1.54, 1.807) is 0 Å². The number of carbonyl (C=O) groups excluding carboxylic acids is 1. The van der Waals surface area contributed by atoms with Crippen molar-refractivity contribution in [3.63, 3.8) is 0 Å². The Kier molecular flexibility index (Phi) is 5.59. The first kappa shape index (κ1) is 14.7. The van der Waals surface area contributed by atoms with Gasteiger partial charge in [0.1, 0.15) is 5.78 Å². The standard InChI is InChI=1S/C16H22BrNO/c1-18(11-13-6-5-9-15(17)10-13)12-16(19)14-7-3-2-4-8-14/h5-6,9-10,14H,2-4,7-8,11-12H2,1H3. The molecule has 104 valence electrons. The van der Waals surface area contributed by atoms with Gasteiger partial charge in [-0.2, -0.15) is 0 Å². The van der Waals surface area contributed by atoms with Crippen LogP contribution in [-0.4, -0.2) is 24.3 Å². The lowest BCUT2D eigenvalue weighted by molar-refractivity contribution is -0.124. The van der Waals surface area contributed by atoms with Gasteiger partial charge in [-0.25, -0.2) is 0 Å². The Morgan fingerprint density at radius 2 is 2.05 bits per heavy atom. The molecule has 1 saturated carbocycles. The van der Waals surface area contributed by atoms with Gasteiger partial charge in [0.15, 0.2) is 0 Å². The van der Waals surface area contributed by atoms with E-state index in [1.165, 1.54) is 24.8 Å². The van der Waals surface area contributed by atoms with Crippen molar-refractivity contribution in [2.24, 2.45) is 5.92 Å². The quantitative estimate of drug-likeness (QED) is 0.815. The van der Waals surface area contributed by atoms with Crippen molar-refractivity contribution in [2.75, 3.05) is 13.6 Å².